The van der Waals surface area contributed by atoms with E-state index in [2.05, 4.69) is 10.6 Å². The van der Waals surface area contributed by atoms with Gasteiger partial charge in [-0.15, -0.1) is 0 Å². The van der Waals surface area contributed by atoms with Crippen LogP contribution in [0.3, 0.4) is 0 Å². The average molecular weight is 379 g/mol. The van der Waals surface area contributed by atoms with Gasteiger partial charge in [0.25, 0.3) is 5.91 Å². The van der Waals surface area contributed by atoms with Crippen molar-refractivity contribution in [2.75, 3.05) is 27.2 Å². The Labute approximate surface area is 152 Å². The van der Waals surface area contributed by atoms with Crippen LogP contribution in [-0.2, 0) is 21.2 Å². The van der Waals surface area contributed by atoms with E-state index >= 15 is 0 Å². The third-order valence-corrected chi connectivity index (χ3v) is 5.37. The summed E-state index contributed by atoms with van der Waals surface area (Å²) in [5.74, 6) is -0.114. The van der Waals surface area contributed by atoms with Crippen LogP contribution in [0.2, 0.25) is 0 Å². The lowest BCUT2D eigenvalue weighted by molar-refractivity contribution is -0.120. The molecule has 140 valence electrons. The maximum Gasteiger partial charge on any atom is 0.251 e. The summed E-state index contributed by atoms with van der Waals surface area (Å²) in [5.41, 5.74) is 0.163. The molecule has 2 aromatic rings. The molecule has 8 nitrogen and oxygen atoms in total. The minimum Gasteiger partial charge on any atom is -0.469 e. The van der Waals surface area contributed by atoms with Crippen molar-refractivity contribution in [3.63, 3.8) is 0 Å². The van der Waals surface area contributed by atoms with Crippen LogP contribution in [0.15, 0.2) is 52.0 Å². The van der Waals surface area contributed by atoms with E-state index in [4.69, 9.17) is 4.42 Å². The molecule has 1 aromatic heterocycles. The molecule has 0 aliphatic heterocycles. The number of hydrogen-bond acceptors (Lipinski definition) is 5. The van der Waals surface area contributed by atoms with Crippen molar-refractivity contribution < 1.29 is 22.4 Å². The lowest BCUT2D eigenvalue weighted by atomic mass is 10.2. The topological polar surface area (TPSA) is 109 Å². The molecule has 0 atom stereocenters. The minimum absolute atomic E-state index is 0.0121. The maximum atomic E-state index is 12.1. The summed E-state index contributed by atoms with van der Waals surface area (Å²) in [4.78, 5) is 23.9. The zero-order valence-electron chi connectivity index (χ0n) is 14.6. The first kappa shape index (κ1) is 19.7. The number of amides is 2. The molecule has 0 fully saturated rings. The number of carbonyl (C=O) groups is 2. The number of nitrogens with zero attached hydrogens (tertiary/aromatic N) is 1. The fourth-order valence-electron chi connectivity index (χ4n) is 2.11. The van der Waals surface area contributed by atoms with Crippen LogP contribution in [0.1, 0.15) is 16.1 Å². The molecule has 26 heavy (non-hydrogen) atoms. The van der Waals surface area contributed by atoms with Gasteiger partial charge in [-0.25, -0.2) is 12.7 Å². The van der Waals surface area contributed by atoms with E-state index in [1.165, 1.54) is 38.4 Å². The third-order valence-electron chi connectivity index (χ3n) is 3.56. The van der Waals surface area contributed by atoms with Gasteiger partial charge in [0.2, 0.25) is 15.9 Å². The molecule has 1 heterocycles. The van der Waals surface area contributed by atoms with Crippen molar-refractivity contribution in [2.45, 2.75) is 11.3 Å². The van der Waals surface area contributed by atoms with Crippen LogP contribution in [0, 0.1) is 0 Å². The number of carbonyl (C=O) groups excluding carboxylic acids is 2. The first-order valence-corrected chi connectivity index (χ1v) is 9.34. The Kier molecular flexibility index (Phi) is 6.53. The molecule has 9 heteroatoms. The van der Waals surface area contributed by atoms with Crippen LogP contribution < -0.4 is 10.6 Å². The molecule has 0 bridgehead atoms. The second kappa shape index (κ2) is 8.63. The number of furan rings is 1. The molecule has 0 saturated carbocycles. The van der Waals surface area contributed by atoms with Crippen molar-refractivity contribution in [1.82, 2.24) is 14.9 Å². The molecule has 2 rings (SSSR count). The van der Waals surface area contributed by atoms with Crippen molar-refractivity contribution in [3.05, 3.63) is 54.0 Å². The van der Waals surface area contributed by atoms with E-state index in [9.17, 15) is 18.0 Å². The Morgan fingerprint density at radius 1 is 1.12 bits per heavy atom. The highest BCUT2D eigenvalue weighted by molar-refractivity contribution is 7.89. The van der Waals surface area contributed by atoms with Crippen molar-refractivity contribution in [1.29, 1.82) is 0 Å². The smallest absolute Gasteiger partial charge is 0.251 e. The largest absolute Gasteiger partial charge is 0.469 e. The zero-order chi connectivity index (χ0) is 19.2. The van der Waals surface area contributed by atoms with Gasteiger partial charge in [0.1, 0.15) is 5.76 Å². The number of nitrogens with one attached hydrogen (secondary N) is 2. The monoisotopic (exact) mass is 379 g/mol. The van der Waals surface area contributed by atoms with Gasteiger partial charge < -0.3 is 15.1 Å². The quantitative estimate of drug-likeness (QED) is 0.699. The molecule has 0 radical (unpaired) electrons. The fourth-order valence-corrected chi connectivity index (χ4v) is 3.06. The Morgan fingerprint density at radius 2 is 1.88 bits per heavy atom. The lowest BCUT2D eigenvalue weighted by Gasteiger charge is -2.12. The highest BCUT2D eigenvalue weighted by Gasteiger charge is 2.18. The van der Waals surface area contributed by atoms with Crippen molar-refractivity contribution >= 4 is 21.8 Å². The Balaban J connectivity index is 1.86. The van der Waals surface area contributed by atoms with E-state index in [-0.39, 0.29) is 22.9 Å². The van der Waals surface area contributed by atoms with E-state index in [1.807, 2.05) is 6.07 Å². The molecular formula is C17H21N3O5S. The van der Waals surface area contributed by atoms with Gasteiger partial charge in [0, 0.05) is 32.6 Å². The summed E-state index contributed by atoms with van der Waals surface area (Å²) in [6.45, 7) is 0.181. The summed E-state index contributed by atoms with van der Waals surface area (Å²) in [7, 11) is -0.809. The van der Waals surface area contributed by atoms with Crippen LogP contribution >= 0.6 is 0 Å². The zero-order valence-corrected chi connectivity index (χ0v) is 15.4. The second-order valence-electron chi connectivity index (χ2n) is 5.68. The molecule has 0 spiro atoms. The number of sulfonamides is 1. The van der Waals surface area contributed by atoms with Gasteiger partial charge in [-0.1, -0.05) is 6.07 Å². The maximum absolute atomic E-state index is 12.1. The summed E-state index contributed by atoms with van der Waals surface area (Å²) >= 11 is 0. The molecule has 2 N–H and O–H groups in total. The molecular weight excluding hydrogens is 358 g/mol. The first-order chi connectivity index (χ1) is 12.3. The molecule has 0 unspecified atom stereocenters. The first-order valence-electron chi connectivity index (χ1n) is 7.90. The number of rotatable bonds is 8. The summed E-state index contributed by atoms with van der Waals surface area (Å²) in [5, 5.41) is 5.13. The molecule has 0 aliphatic carbocycles. The van der Waals surface area contributed by atoms with E-state index in [1.54, 1.807) is 12.3 Å². The van der Waals surface area contributed by atoms with E-state index < -0.39 is 15.9 Å². The van der Waals surface area contributed by atoms with E-state index in [0.717, 1.165) is 10.1 Å². The summed E-state index contributed by atoms with van der Waals surface area (Å²) in [6.07, 6.45) is 2.11. The summed E-state index contributed by atoms with van der Waals surface area (Å²) in [6, 6.07) is 9.23. The summed E-state index contributed by atoms with van der Waals surface area (Å²) < 4.78 is 30.4. The molecule has 0 aliphatic rings. The fraction of sp³-hybridized carbons (Fsp3) is 0.294. The van der Waals surface area contributed by atoms with Crippen molar-refractivity contribution in [2.24, 2.45) is 0 Å². The number of benzene rings is 1. The van der Waals surface area contributed by atoms with Gasteiger partial charge in [-0.05, 0) is 30.3 Å². The Morgan fingerprint density at radius 3 is 2.54 bits per heavy atom. The third kappa shape index (κ3) is 5.17. The van der Waals surface area contributed by atoms with Crippen LogP contribution in [0.5, 0.6) is 0 Å². The molecule has 2 amide bonds. The predicted molar refractivity (Wildman–Crippen MR) is 95.1 cm³/mol. The molecule has 1 aromatic carbocycles. The van der Waals surface area contributed by atoms with Gasteiger partial charge in [-0.2, -0.15) is 0 Å². The highest BCUT2D eigenvalue weighted by atomic mass is 32.2. The van der Waals surface area contributed by atoms with Crippen molar-refractivity contribution in [3.8, 4) is 0 Å². The van der Waals surface area contributed by atoms with E-state index in [0.29, 0.717) is 13.0 Å². The molecule has 0 saturated heterocycles. The Hall–Kier alpha value is -2.65. The van der Waals surface area contributed by atoms with Crippen LogP contribution in [0.25, 0.3) is 0 Å². The lowest BCUT2D eigenvalue weighted by Crippen LogP contribution is -2.37. The normalized spacial score (nSPS) is 11.3. The van der Waals surface area contributed by atoms with Crippen LogP contribution in [-0.4, -0.2) is 51.7 Å². The Bertz CT molecular complexity index is 860. The predicted octanol–water partition coefficient (Wildman–Crippen LogP) is 0.619. The van der Waals surface area contributed by atoms with Gasteiger partial charge in [-0.3, -0.25) is 9.59 Å². The second-order valence-corrected chi connectivity index (χ2v) is 7.83. The average Bonchev–Trinajstić information content (AvgIpc) is 3.13. The van der Waals surface area contributed by atoms with Crippen LogP contribution in [0.4, 0.5) is 0 Å². The van der Waals surface area contributed by atoms with Gasteiger partial charge >= 0.3 is 0 Å². The highest BCUT2D eigenvalue weighted by Crippen LogP contribution is 2.14. The van der Waals surface area contributed by atoms with Gasteiger partial charge in [0.15, 0.2) is 0 Å². The standard InChI is InChI=1S/C17H21N3O5S/c1-20(2)26(23,24)15-7-3-5-13(11-15)17(22)19-12-16(21)18-9-8-14-6-4-10-25-14/h3-7,10-11H,8-9,12H2,1-2H3,(H,18,21)(H,19,22). The number of hydrogen-bond donors (Lipinski definition) is 2. The minimum atomic E-state index is -3.63. The van der Waals surface area contributed by atoms with Gasteiger partial charge in [0.05, 0.1) is 17.7 Å². The SMILES string of the molecule is CN(C)S(=O)(=O)c1cccc(C(=O)NCC(=O)NCCc2ccco2)c1.